The first kappa shape index (κ1) is 13.7. The fraction of sp³-hybridized carbons (Fsp3) is 0.143. The quantitative estimate of drug-likeness (QED) is 0.678. The molecule has 2 aromatic heterocycles. The number of aromatic amines is 2. The number of halogens is 1. The van der Waals surface area contributed by atoms with Crippen molar-refractivity contribution in [2.75, 3.05) is 0 Å². The van der Waals surface area contributed by atoms with Gasteiger partial charge < -0.3 is 19.7 Å². The van der Waals surface area contributed by atoms with E-state index in [1.54, 1.807) is 12.1 Å². The molecule has 0 fully saturated rings. The largest absolute Gasteiger partial charge is 0.457 e. The predicted octanol–water partition coefficient (Wildman–Crippen LogP) is 2.70. The number of H-pyrrole nitrogens is 2. The third kappa shape index (κ3) is 2.78. The number of aromatic nitrogens is 2. The minimum Gasteiger partial charge on any atom is -0.457 e. The van der Waals surface area contributed by atoms with Crippen molar-refractivity contribution in [2.45, 2.75) is 13.0 Å². The summed E-state index contributed by atoms with van der Waals surface area (Å²) in [6, 6.07) is 6.91. The van der Waals surface area contributed by atoms with E-state index in [1.165, 1.54) is 6.26 Å². The van der Waals surface area contributed by atoms with Crippen molar-refractivity contribution >= 4 is 32.9 Å². The maximum Gasteiger partial charge on any atom is 0.323 e. The van der Waals surface area contributed by atoms with Crippen molar-refractivity contribution < 1.29 is 9.21 Å². The van der Waals surface area contributed by atoms with Crippen LogP contribution >= 0.6 is 15.9 Å². The first-order chi connectivity index (χ1) is 10.0. The van der Waals surface area contributed by atoms with E-state index in [9.17, 15) is 9.59 Å². The van der Waals surface area contributed by atoms with Crippen molar-refractivity contribution in [3.8, 4) is 0 Å². The number of hydrogen-bond acceptors (Lipinski definition) is 3. The van der Waals surface area contributed by atoms with E-state index in [-0.39, 0.29) is 17.6 Å². The molecule has 108 valence electrons. The van der Waals surface area contributed by atoms with Gasteiger partial charge in [0.15, 0.2) is 4.67 Å². The second kappa shape index (κ2) is 5.25. The molecule has 3 N–H and O–H groups in total. The Morgan fingerprint density at radius 1 is 1.29 bits per heavy atom. The lowest BCUT2D eigenvalue weighted by Crippen LogP contribution is -2.26. The van der Waals surface area contributed by atoms with Crippen molar-refractivity contribution in [1.29, 1.82) is 0 Å². The van der Waals surface area contributed by atoms with Gasteiger partial charge in [-0.1, -0.05) is 6.07 Å². The number of carbonyl (C=O) groups excluding carboxylic acids is 1. The number of furan rings is 1. The summed E-state index contributed by atoms with van der Waals surface area (Å²) in [4.78, 5) is 28.7. The average molecular weight is 350 g/mol. The van der Waals surface area contributed by atoms with Crippen LogP contribution in [0.25, 0.3) is 11.0 Å². The monoisotopic (exact) mass is 349 g/mol. The molecule has 7 heteroatoms. The Bertz CT molecular complexity index is 862. The Morgan fingerprint density at radius 3 is 2.76 bits per heavy atom. The van der Waals surface area contributed by atoms with Gasteiger partial charge in [0.25, 0.3) is 5.91 Å². The highest BCUT2D eigenvalue weighted by atomic mass is 79.9. The normalized spacial score (nSPS) is 12.5. The molecule has 0 radical (unpaired) electrons. The lowest BCUT2D eigenvalue weighted by atomic mass is 10.1. The highest BCUT2D eigenvalue weighted by molar-refractivity contribution is 9.10. The fourth-order valence-corrected chi connectivity index (χ4v) is 2.45. The molecule has 0 aliphatic carbocycles. The topological polar surface area (TPSA) is 90.9 Å². The Labute approximate surface area is 127 Å². The molecular formula is C14H12BrN3O3. The van der Waals surface area contributed by atoms with Gasteiger partial charge in [0.1, 0.15) is 6.26 Å². The highest BCUT2D eigenvalue weighted by Crippen LogP contribution is 2.19. The predicted molar refractivity (Wildman–Crippen MR) is 81.2 cm³/mol. The molecule has 0 aliphatic heterocycles. The van der Waals surface area contributed by atoms with E-state index in [2.05, 4.69) is 31.2 Å². The van der Waals surface area contributed by atoms with Crippen molar-refractivity contribution in [3.05, 3.63) is 56.8 Å². The Kier molecular flexibility index (Phi) is 3.42. The van der Waals surface area contributed by atoms with Gasteiger partial charge in [0, 0.05) is 6.07 Å². The molecular weight excluding hydrogens is 338 g/mol. The van der Waals surface area contributed by atoms with Crippen molar-refractivity contribution in [1.82, 2.24) is 15.3 Å². The van der Waals surface area contributed by atoms with Crippen LogP contribution in [0.2, 0.25) is 0 Å². The summed E-state index contributed by atoms with van der Waals surface area (Å²) in [6.07, 6.45) is 1.39. The Morgan fingerprint density at radius 2 is 2.05 bits per heavy atom. The van der Waals surface area contributed by atoms with Crippen LogP contribution in [0.4, 0.5) is 0 Å². The summed E-state index contributed by atoms with van der Waals surface area (Å²) < 4.78 is 5.55. The smallest absolute Gasteiger partial charge is 0.323 e. The zero-order valence-electron chi connectivity index (χ0n) is 11.1. The number of fused-ring (bicyclic) bond motifs is 1. The first-order valence-electron chi connectivity index (χ1n) is 6.30. The summed E-state index contributed by atoms with van der Waals surface area (Å²) in [5, 5.41) is 2.88. The number of hydrogen-bond donors (Lipinski definition) is 3. The van der Waals surface area contributed by atoms with Crippen LogP contribution in [0.15, 0.2) is 44.4 Å². The van der Waals surface area contributed by atoms with Crippen LogP contribution in [-0.2, 0) is 0 Å². The Balaban J connectivity index is 1.81. The third-order valence-electron chi connectivity index (χ3n) is 3.22. The molecule has 2 heterocycles. The Hall–Kier alpha value is -2.28. The second-order valence-corrected chi connectivity index (χ2v) is 5.50. The van der Waals surface area contributed by atoms with Crippen LogP contribution in [0.5, 0.6) is 0 Å². The molecule has 0 aliphatic rings. The molecule has 1 unspecified atom stereocenters. The zero-order chi connectivity index (χ0) is 15.0. The van der Waals surface area contributed by atoms with E-state index in [4.69, 9.17) is 4.42 Å². The zero-order valence-corrected chi connectivity index (χ0v) is 12.7. The second-order valence-electron chi connectivity index (χ2n) is 4.72. The van der Waals surface area contributed by atoms with E-state index >= 15 is 0 Å². The summed E-state index contributed by atoms with van der Waals surface area (Å²) in [6.45, 7) is 1.87. The molecule has 0 bridgehead atoms. The molecule has 1 amide bonds. The highest BCUT2D eigenvalue weighted by Gasteiger charge is 2.14. The van der Waals surface area contributed by atoms with Crippen molar-refractivity contribution in [2.24, 2.45) is 0 Å². The number of benzene rings is 1. The van der Waals surface area contributed by atoms with Crippen LogP contribution in [0, 0.1) is 0 Å². The number of amides is 1. The number of carbonyl (C=O) groups is 1. The minimum atomic E-state index is -0.248. The van der Waals surface area contributed by atoms with Crippen LogP contribution in [0.3, 0.4) is 0 Å². The minimum absolute atomic E-state index is 0.200. The van der Waals surface area contributed by atoms with Crippen molar-refractivity contribution in [3.63, 3.8) is 0 Å². The molecule has 0 saturated carbocycles. The van der Waals surface area contributed by atoms with E-state index in [0.717, 1.165) is 11.1 Å². The van der Waals surface area contributed by atoms with Gasteiger partial charge in [0.05, 0.1) is 22.6 Å². The van der Waals surface area contributed by atoms with Gasteiger partial charge in [-0.3, -0.25) is 4.79 Å². The molecule has 6 nitrogen and oxygen atoms in total. The molecule has 3 aromatic rings. The molecule has 3 rings (SSSR count). The third-order valence-corrected chi connectivity index (χ3v) is 3.63. The average Bonchev–Trinajstić information content (AvgIpc) is 3.02. The molecule has 0 spiro atoms. The van der Waals surface area contributed by atoms with Gasteiger partial charge in [-0.15, -0.1) is 0 Å². The lowest BCUT2D eigenvalue weighted by molar-refractivity contribution is 0.0939. The first-order valence-corrected chi connectivity index (χ1v) is 7.09. The maximum atomic E-state index is 12.1. The van der Waals surface area contributed by atoms with Gasteiger partial charge in [-0.05, 0) is 40.5 Å². The van der Waals surface area contributed by atoms with E-state index < -0.39 is 0 Å². The number of imidazole rings is 1. The fourth-order valence-electron chi connectivity index (χ4n) is 2.11. The number of rotatable bonds is 3. The lowest BCUT2D eigenvalue weighted by Gasteiger charge is -2.13. The summed E-state index contributed by atoms with van der Waals surface area (Å²) in [5.41, 5.74) is 2.55. The summed E-state index contributed by atoms with van der Waals surface area (Å²) >= 11 is 3.16. The van der Waals surface area contributed by atoms with E-state index in [0.29, 0.717) is 15.7 Å². The van der Waals surface area contributed by atoms with Gasteiger partial charge in [0.2, 0.25) is 0 Å². The van der Waals surface area contributed by atoms with Crippen LogP contribution in [0.1, 0.15) is 28.9 Å². The van der Waals surface area contributed by atoms with Gasteiger partial charge >= 0.3 is 5.69 Å². The number of nitrogens with one attached hydrogen (secondary N) is 3. The molecule has 1 atom stereocenters. The van der Waals surface area contributed by atoms with E-state index in [1.807, 2.05) is 19.1 Å². The van der Waals surface area contributed by atoms with Gasteiger partial charge in [-0.2, -0.15) is 0 Å². The van der Waals surface area contributed by atoms with Gasteiger partial charge in [-0.25, -0.2) is 4.79 Å². The standard InChI is InChI=1S/C14H12BrN3O3/c1-7(16-13(19)9-5-12(15)21-6-9)8-2-3-10-11(4-8)18-14(20)17-10/h2-7H,1H3,(H,16,19)(H2,17,18,20). The maximum absolute atomic E-state index is 12.1. The molecule has 0 saturated heterocycles. The molecule has 21 heavy (non-hydrogen) atoms. The van der Waals surface area contributed by atoms with Crippen LogP contribution < -0.4 is 11.0 Å². The molecule has 1 aromatic carbocycles. The van der Waals surface area contributed by atoms with Crippen LogP contribution in [-0.4, -0.2) is 15.9 Å². The summed E-state index contributed by atoms with van der Waals surface area (Å²) in [5.74, 6) is -0.223. The SMILES string of the molecule is CC(NC(=O)c1coc(Br)c1)c1ccc2[nH]c(=O)[nH]c2c1. The summed E-state index contributed by atoms with van der Waals surface area (Å²) in [7, 11) is 0.